The summed E-state index contributed by atoms with van der Waals surface area (Å²) in [5, 5.41) is 4.02. The summed E-state index contributed by atoms with van der Waals surface area (Å²) in [5.74, 6) is -0.115. The molecule has 4 nitrogen and oxygen atoms in total. The first-order chi connectivity index (χ1) is 9.97. The Hall–Kier alpha value is -2.36. The van der Waals surface area contributed by atoms with Crippen LogP contribution in [0.4, 0.5) is 5.69 Å². The average Bonchev–Trinajstić information content (AvgIpc) is 2.46. The molecule has 1 aliphatic carbocycles. The van der Waals surface area contributed by atoms with Gasteiger partial charge in [0.1, 0.15) is 0 Å². The van der Waals surface area contributed by atoms with E-state index >= 15 is 0 Å². The molecule has 1 aromatic rings. The van der Waals surface area contributed by atoms with Crippen molar-refractivity contribution in [1.82, 2.24) is 0 Å². The number of nitrogen functional groups attached to an aromatic ring is 1. The fourth-order valence-electron chi connectivity index (χ4n) is 2.17. The van der Waals surface area contributed by atoms with E-state index in [-0.39, 0.29) is 0 Å². The van der Waals surface area contributed by atoms with Crippen LogP contribution in [0.15, 0.2) is 53.2 Å². The van der Waals surface area contributed by atoms with Crippen LogP contribution in [0.2, 0.25) is 0 Å². The van der Waals surface area contributed by atoms with Crippen LogP contribution in [0.5, 0.6) is 0 Å². The predicted octanol–water partition coefficient (Wildman–Crippen LogP) is 3.71. The maximum Gasteiger partial charge on any atom is 0.365 e. The van der Waals surface area contributed by atoms with Crippen molar-refractivity contribution in [3.63, 3.8) is 0 Å². The number of nitrogens with two attached hydrogens (primary N) is 1. The van der Waals surface area contributed by atoms with Gasteiger partial charge in [-0.25, -0.2) is 4.79 Å². The van der Waals surface area contributed by atoms with Crippen LogP contribution in [0.3, 0.4) is 0 Å². The van der Waals surface area contributed by atoms with Crippen molar-refractivity contribution in [2.24, 2.45) is 11.1 Å². The summed E-state index contributed by atoms with van der Waals surface area (Å²) in [6.07, 6.45) is 3.83. The molecule has 1 aliphatic rings. The van der Waals surface area contributed by atoms with Crippen molar-refractivity contribution in [1.29, 1.82) is 0 Å². The first-order valence-electron chi connectivity index (χ1n) is 6.93. The molecule has 110 valence electrons. The number of hydrogen-bond acceptors (Lipinski definition) is 4. The van der Waals surface area contributed by atoms with Crippen LogP contribution in [-0.2, 0) is 4.84 Å². The Kier molecular flexibility index (Phi) is 4.58. The fourth-order valence-corrected chi connectivity index (χ4v) is 2.17. The third kappa shape index (κ3) is 3.81. The first kappa shape index (κ1) is 15.0. The Morgan fingerprint density at radius 1 is 1.38 bits per heavy atom. The second-order valence-electron chi connectivity index (χ2n) is 5.41. The van der Waals surface area contributed by atoms with Gasteiger partial charge in [0.2, 0.25) is 0 Å². The Morgan fingerprint density at radius 3 is 2.67 bits per heavy atom. The molecule has 0 spiro atoms. The van der Waals surface area contributed by atoms with Gasteiger partial charge in [-0.15, -0.1) is 0 Å². The summed E-state index contributed by atoms with van der Waals surface area (Å²) in [4.78, 5) is 17.0. The molecule has 1 aromatic carbocycles. The van der Waals surface area contributed by atoms with Crippen molar-refractivity contribution in [2.45, 2.75) is 26.7 Å². The Morgan fingerprint density at radius 2 is 2.05 bits per heavy atom. The van der Waals surface area contributed by atoms with Gasteiger partial charge < -0.3 is 10.6 Å². The van der Waals surface area contributed by atoms with Crippen molar-refractivity contribution < 1.29 is 9.63 Å². The molecule has 0 amide bonds. The van der Waals surface area contributed by atoms with E-state index in [0.717, 1.165) is 29.7 Å². The monoisotopic (exact) mass is 284 g/mol. The number of allylic oxidation sites excluding steroid dienone is 3. The van der Waals surface area contributed by atoms with Gasteiger partial charge in [0.25, 0.3) is 0 Å². The highest BCUT2D eigenvalue weighted by Crippen LogP contribution is 2.26. The van der Waals surface area contributed by atoms with Crippen molar-refractivity contribution in [3.05, 3.63) is 53.6 Å². The molecule has 0 heterocycles. The first-order valence-corrected chi connectivity index (χ1v) is 6.93. The van der Waals surface area contributed by atoms with E-state index in [0.29, 0.717) is 17.2 Å². The lowest BCUT2D eigenvalue weighted by Gasteiger charge is -2.21. The van der Waals surface area contributed by atoms with Crippen LogP contribution in [0.25, 0.3) is 0 Å². The molecule has 0 saturated heterocycles. The number of oxime groups is 1. The average molecular weight is 284 g/mol. The minimum absolute atomic E-state index is 0.364. The molecule has 21 heavy (non-hydrogen) atoms. The van der Waals surface area contributed by atoms with Crippen LogP contribution in [-0.4, -0.2) is 11.7 Å². The minimum Gasteiger partial charge on any atom is -0.399 e. The number of anilines is 1. The molecule has 2 N–H and O–H groups in total. The van der Waals surface area contributed by atoms with Crippen LogP contribution < -0.4 is 5.73 Å². The molecule has 1 unspecified atom stereocenters. The SMILES string of the molecule is C=C(C)C1CC=C(C)/C(=N/OC(=O)c2ccc(N)cc2)C1. The van der Waals surface area contributed by atoms with Crippen LogP contribution >= 0.6 is 0 Å². The van der Waals surface area contributed by atoms with Gasteiger partial charge in [-0.1, -0.05) is 23.4 Å². The second-order valence-corrected chi connectivity index (χ2v) is 5.41. The Bertz CT molecular complexity index is 612. The molecule has 0 bridgehead atoms. The molecule has 0 saturated carbocycles. The molecule has 0 aliphatic heterocycles. The zero-order chi connectivity index (χ0) is 15.4. The highest BCUT2D eigenvalue weighted by atomic mass is 16.7. The maximum atomic E-state index is 11.9. The van der Waals surface area contributed by atoms with Gasteiger partial charge >= 0.3 is 5.97 Å². The molecule has 2 rings (SSSR count). The largest absolute Gasteiger partial charge is 0.399 e. The molecule has 0 radical (unpaired) electrons. The van der Waals surface area contributed by atoms with E-state index in [1.54, 1.807) is 24.3 Å². The van der Waals surface area contributed by atoms with Gasteiger partial charge in [-0.05, 0) is 56.0 Å². The van der Waals surface area contributed by atoms with Crippen LogP contribution in [0.1, 0.15) is 37.0 Å². The maximum absolute atomic E-state index is 11.9. The number of benzene rings is 1. The quantitative estimate of drug-likeness (QED) is 0.398. The summed E-state index contributed by atoms with van der Waals surface area (Å²) in [6.45, 7) is 7.97. The summed E-state index contributed by atoms with van der Waals surface area (Å²) in [6, 6.07) is 6.56. The molecular formula is C17H20N2O2. The molecule has 4 heteroatoms. The Labute approximate surface area is 125 Å². The van der Waals surface area contributed by atoms with Crippen LogP contribution in [0, 0.1) is 5.92 Å². The lowest BCUT2D eigenvalue weighted by molar-refractivity contribution is 0.0515. The lowest BCUT2D eigenvalue weighted by atomic mass is 9.85. The summed E-state index contributed by atoms with van der Waals surface area (Å²) >= 11 is 0. The van der Waals surface area contributed by atoms with Crippen molar-refractivity contribution >= 4 is 17.4 Å². The smallest absolute Gasteiger partial charge is 0.365 e. The number of carbonyl (C=O) groups is 1. The summed E-state index contributed by atoms with van der Waals surface area (Å²) in [7, 11) is 0. The summed E-state index contributed by atoms with van der Waals surface area (Å²) < 4.78 is 0. The number of carbonyl (C=O) groups excluding carboxylic acids is 1. The molecule has 0 fully saturated rings. The lowest BCUT2D eigenvalue weighted by Crippen LogP contribution is -2.16. The minimum atomic E-state index is -0.479. The topological polar surface area (TPSA) is 64.7 Å². The van der Waals surface area contributed by atoms with Crippen molar-refractivity contribution in [2.75, 3.05) is 5.73 Å². The van der Waals surface area contributed by atoms with E-state index in [1.165, 1.54) is 0 Å². The van der Waals surface area contributed by atoms with Gasteiger partial charge in [0.15, 0.2) is 0 Å². The fraction of sp³-hybridized carbons (Fsp3) is 0.294. The van der Waals surface area contributed by atoms with Gasteiger partial charge in [0, 0.05) is 12.1 Å². The van der Waals surface area contributed by atoms with E-state index in [1.807, 2.05) is 13.8 Å². The van der Waals surface area contributed by atoms with Gasteiger partial charge in [-0.3, -0.25) is 0 Å². The highest BCUT2D eigenvalue weighted by Gasteiger charge is 2.19. The molecular weight excluding hydrogens is 264 g/mol. The number of nitrogens with zero attached hydrogens (tertiary/aromatic N) is 1. The normalized spacial score (nSPS) is 20.0. The number of hydrogen-bond donors (Lipinski definition) is 1. The van der Waals surface area contributed by atoms with E-state index in [2.05, 4.69) is 17.8 Å². The standard InChI is InChI=1S/C17H20N2O2/c1-11(2)14-5-4-12(3)16(10-14)19-21-17(20)13-6-8-15(18)9-7-13/h4,6-9,14H,1,5,10,18H2,2-3H3/b19-16+. The van der Waals surface area contributed by atoms with Crippen molar-refractivity contribution in [3.8, 4) is 0 Å². The van der Waals surface area contributed by atoms with Gasteiger partial charge in [-0.2, -0.15) is 0 Å². The van der Waals surface area contributed by atoms with E-state index in [4.69, 9.17) is 10.6 Å². The zero-order valence-electron chi connectivity index (χ0n) is 12.4. The molecule has 0 aromatic heterocycles. The zero-order valence-corrected chi connectivity index (χ0v) is 12.4. The highest BCUT2D eigenvalue weighted by molar-refractivity contribution is 6.01. The molecule has 1 atom stereocenters. The van der Waals surface area contributed by atoms with E-state index < -0.39 is 5.97 Å². The third-order valence-corrected chi connectivity index (χ3v) is 3.69. The van der Waals surface area contributed by atoms with Gasteiger partial charge in [0.05, 0.1) is 11.3 Å². The summed E-state index contributed by atoms with van der Waals surface area (Å²) in [5.41, 5.74) is 9.60. The predicted molar refractivity (Wildman–Crippen MR) is 85.0 cm³/mol. The van der Waals surface area contributed by atoms with E-state index in [9.17, 15) is 4.79 Å². The number of rotatable bonds is 3. The Balaban J connectivity index is 2.07. The second kappa shape index (κ2) is 6.39. The third-order valence-electron chi connectivity index (χ3n) is 3.69.